The van der Waals surface area contributed by atoms with E-state index in [1.807, 2.05) is 11.8 Å². The molecule has 0 aliphatic carbocycles. The summed E-state index contributed by atoms with van der Waals surface area (Å²) >= 11 is 1.87. The van der Waals surface area contributed by atoms with E-state index in [1.165, 1.54) is 6.33 Å². The van der Waals surface area contributed by atoms with E-state index < -0.39 is 0 Å². The lowest BCUT2D eigenvalue weighted by Crippen LogP contribution is -2.48. The van der Waals surface area contributed by atoms with Crippen LogP contribution in [0.25, 0.3) is 0 Å². The van der Waals surface area contributed by atoms with Crippen molar-refractivity contribution in [3.8, 4) is 0 Å². The predicted octanol–water partition coefficient (Wildman–Crippen LogP) is 0.794. The highest BCUT2D eigenvalue weighted by Gasteiger charge is 2.25. The van der Waals surface area contributed by atoms with Crippen molar-refractivity contribution in [1.82, 2.24) is 29.7 Å². The van der Waals surface area contributed by atoms with Crippen LogP contribution < -0.4 is 5.56 Å². The van der Waals surface area contributed by atoms with Crippen LogP contribution in [0.3, 0.4) is 0 Å². The van der Waals surface area contributed by atoms with Gasteiger partial charge in [0.15, 0.2) is 6.33 Å². The van der Waals surface area contributed by atoms with E-state index in [2.05, 4.69) is 32.0 Å². The summed E-state index contributed by atoms with van der Waals surface area (Å²) in [4.78, 5) is 21.2. The van der Waals surface area contributed by atoms with Crippen LogP contribution in [0.1, 0.15) is 30.1 Å². The van der Waals surface area contributed by atoms with Gasteiger partial charge in [-0.1, -0.05) is 5.16 Å². The fourth-order valence-corrected chi connectivity index (χ4v) is 4.50. The molecule has 1 saturated heterocycles. The van der Waals surface area contributed by atoms with Crippen molar-refractivity contribution in [3.05, 3.63) is 39.9 Å². The van der Waals surface area contributed by atoms with Crippen LogP contribution in [0.4, 0.5) is 0 Å². The zero-order valence-corrected chi connectivity index (χ0v) is 15.8. The number of aromatic nitrogens is 4. The Hall–Kier alpha value is -1.71. The maximum absolute atomic E-state index is 12.3. The van der Waals surface area contributed by atoms with E-state index in [4.69, 9.17) is 4.52 Å². The van der Waals surface area contributed by atoms with E-state index in [-0.39, 0.29) is 11.6 Å². The molecular formula is C17H24N6O2S. The second-order valence-corrected chi connectivity index (χ2v) is 7.92. The van der Waals surface area contributed by atoms with Crippen molar-refractivity contribution in [2.45, 2.75) is 31.7 Å². The Balaban J connectivity index is 1.31. The van der Waals surface area contributed by atoms with Crippen LogP contribution in [0.15, 0.2) is 21.7 Å². The average Bonchev–Trinajstić information content (AvgIpc) is 3.21. The molecule has 2 aliphatic rings. The summed E-state index contributed by atoms with van der Waals surface area (Å²) in [5, 5.41) is 8.29. The van der Waals surface area contributed by atoms with Gasteiger partial charge in [-0.2, -0.15) is 21.8 Å². The van der Waals surface area contributed by atoms with Gasteiger partial charge in [0.1, 0.15) is 0 Å². The topological polar surface area (TPSA) is 80.3 Å². The molecule has 0 radical (unpaired) electrons. The number of piperazine rings is 1. The number of thioether (sulfide) groups is 1. The van der Waals surface area contributed by atoms with Gasteiger partial charge >= 0.3 is 0 Å². The molecule has 2 aromatic heterocycles. The third-order valence-electron chi connectivity index (χ3n) is 5.22. The van der Waals surface area contributed by atoms with Crippen molar-refractivity contribution in [3.63, 3.8) is 0 Å². The molecule has 26 heavy (non-hydrogen) atoms. The first kappa shape index (κ1) is 17.7. The molecule has 140 valence electrons. The molecule has 1 fully saturated rings. The SMILES string of the molecule is CC(c1ncno1)N1CCN(CCn2nc3c(cc2=O)CSCC3)CC1. The lowest BCUT2D eigenvalue weighted by atomic mass is 10.2. The van der Waals surface area contributed by atoms with E-state index >= 15 is 0 Å². The number of hydrogen-bond acceptors (Lipinski definition) is 8. The third kappa shape index (κ3) is 3.84. The van der Waals surface area contributed by atoms with Gasteiger partial charge in [-0.25, -0.2) is 4.68 Å². The Bertz CT molecular complexity index is 785. The van der Waals surface area contributed by atoms with Gasteiger partial charge < -0.3 is 4.52 Å². The second kappa shape index (κ2) is 7.89. The highest BCUT2D eigenvalue weighted by atomic mass is 32.2. The molecule has 9 heteroatoms. The van der Waals surface area contributed by atoms with Crippen molar-refractivity contribution in [1.29, 1.82) is 0 Å². The molecule has 4 heterocycles. The van der Waals surface area contributed by atoms with E-state index in [0.29, 0.717) is 12.4 Å². The van der Waals surface area contributed by atoms with Crippen LogP contribution in [0.2, 0.25) is 0 Å². The summed E-state index contributed by atoms with van der Waals surface area (Å²) in [7, 11) is 0. The summed E-state index contributed by atoms with van der Waals surface area (Å²) < 4.78 is 6.82. The Labute approximate surface area is 156 Å². The smallest absolute Gasteiger partial charge is 0.267 e. The summed E-state index contributed by atoms with van der Waals surface area (Å²) in [5.41, 5.74) is 2.24. The van der Waals surface area contributed by atoms with Gasteiger partial charge in [-0.05, 0) is 18.2 Å². The molecule has 1 atom stereocenters. The zero-order chi connectivity index (χ0) is 17.9. The maximum atomic E-state index is 12.3. The van der Waals surface area contributed by atoms with Crippen LogP contribution in [0, 0.1) is 0 Å². The van der Waals surface area contributed by atoms with E-state index in [9.17, 15) is 4.79 Å². The minimum absolute atomic E-state index is 0.0231. The Morgan fingerprint density at radius 3 is 2.88 bits per heavy atom. The first-order valence-corrected chi connectivity index (χ1v) is 10.3. The first-order chi connectivity index (χ1) is 12.7. The average molecular weight is 376 g/mol. The molecule has 2 aromatic rings. The molecule has 0 bridgehead atoms. The fourth-order valence-electron chi connectivity index (χ4n) is 3.55. The minimum Gasteiger partial charge on any atom is -0.338 e. The number of fused-ring (bicyclic) bond motifs is 1. The molecular weight excluding hydrogens is 352 g/mol. The molecule has 0 amide bonds. The van der Waals surface area contributed by atoms with Gasteiger partial charge in [0.05, 0.1) is 18.3 Å². The number of aryl methyl sites for hydroxylation is 1. The first-order valence-electron chi connectivity index (χ1n) is 9.11. The van der Waals surface area contributed by atoms with Gasteiger partial charge in [0, 0.05) is 51.0 Å². The normalized spacial score (nSPS) is 20.0. The molecule has 2 aliphatic heterocycles. The molecule has 0 spiro atoms. The maximum Gasteiger partial charge on any atom is 0.267 e. The fraction of sp³-hybridized carbons (Fsp3) is 0.647. The largest absolute Gasteiger partial charge is 0.338 e. The standard InChI is InChI=1S/C17H24N6O2S/c1-13(17-18-12-19-25-17)22-6-3-21(4-7-22)5-8-23-16(24)10-14-11-26-9-2-15(14)20-23/h10,12-13H,2-9,11H2,1H3. The van der Waals surface area contributed by atoms with Crippen molar-refractivity contribution < 1.29 is 4.52 Å². The summed E-state index contributed by atoms with van der Waals surface area (Å²) in [6.45, 7) is 7.43. The minimum atomic E-state index is 0.0231. The van der Waals surface area contributed by atoms with Gasteiger partial charge in [0.25, 0.3) is 5.56 Å². The van der Waals surface area contributed by atoms with Gasteiger partial charge in [-0.15, -0.1) is 0 Å². The monoisotopic (exact) mass is 376 g/mol. The van der Waals surface area contributed by atoms with Crippen LogP contribution in [0.5, 0.6) is 0 Å². The van der Waals surface area contributed by atoms with E-state index in [0.717, 1.165) is 61.9 Å². The highest BCUT2D eigenvalue weighted by molar-refractivity contribution is 7.98. The lowest BCUT2D eigenvalue weighted by Gasteiger charge is -2.36. The Morgan fingerprint density at radius 1 is 1.27 bits per heavy atom. The third-order valence-corrected chi connectivity index (χ3v) is 6.23. The van der Waals surface area contributed by atoms with Crippen LogP contribution in [-0.2, 0) is 18.7 Å². The summed E-state index contributed by atoms with van der Waals surface area (Å²) in [5.74, 6) is 2.68. The molecule has 1 unspecified atom stereocenters. The number of rotatable bonds is 5. The molecule has 4 rings (SSSR count). The quantitative estimate of drug-likeness (QED) is 0.758. The van der Waals surface area contributed by atoms with Gasteiger partial charge in [-0.3, -0.25) is 14.6 Å². The molecule has 0 aromatic carbocycles. The molecule has 0 saturated carbocycles. The lowest BCUT2D eigenvalue weighted by molar-refractivity contribution is 0.0856. The summed E-state index contributed by atoms with van der Waals surface area (Å²) in [6.07, 6.45) is 2.41. The van der Waals surface area contributed by atoms with E-state index in [1.54, 1.807) is 10.7 Å². The Kier molecular flexibility index (Phi) is 5.37. The molecule has 8 nitrogen and oxygen atoms in total. The zero-order valence-electron chi connectivity index (χ0n) is 15.0. The van der Waals surface area contributed by atoms with Crippen LogP contribution >= 0.6 is 11.8 Å². The van der Waals surface area contributed by atoms with Crippen molar-refractivity contribution >= 4 is 11.8 Å². The summed E-state index contributed by atoms with van der Waals surface area (Å²) in [6, 6.07) is 1.92. The Morgan fingerprint density at radius 2 is 2.12 bits per heavy atom. The number of nitrogens with zero attached hydrogens (tertiary/aromatic N) is 6. The van der Waals surface area contributed by atoms with Gasteiger partial charge in [0.2, 0.25) is 5.89 Å². The van der Waals surface area contributed by atoms with Crippen molar-refractivity contribution in [2.75, 3.05) is 38.5 Å². The highest BCUT2D eigenvalue weighted by Crippen LogP contribution is 2.21. The van der Waals surface area contributed by atoms with Crippen molar-refractivity contribution in [2.24, 2.45) is 0 Å². The van der Waals surface area contributed by atoms with Crippen LogP contribution in [-0.4, -0.2) is 68.2 Å². The predicted molar refractivity (Wildman–Crippen MR) is 99.1 cm³/mol. The molecule has 0 N–H and O–H groups in total. The second-order valence-electron chi connectivity index (χ2n) is 6.81. The number of hydrogen-bond donors (Lipinski definition) is 0.